The monoisotopic (exact) mass is 521 g/mol. The highest BCUT2D eigenvalue weighted by atomic mass is 16.6. The topological polar surface area (TPSA) is 127 Å². The standard InChI is InChI=1S/C28H43NO8/c1-16(9-12-23-25(32)28(15-34-28)26(33)27(6,7)37-23)8-11-22-17(2)14-21(19(4)36-22)29-24(31)13-10-18(3)35-20(5)30/h8-10,12-13,17-19,21-23,25-26,32-33H,11,14-15H2,1-7H3,(H,29,31)/b12-9+,13-10-,16-8+. The summed E-state index contributed by atoms with van der Waals surface area (Å²) in [6.07, 6.45) is 7.27. The summed E-state index contributed by atoms with van der Waals surface area (Å²) in [6, 6.07) is -0.113. The molecule has 3 heterocycles. The lowest BCUT2D eigenvalue weighted by Gasteiger charge is -2.45. The Morgan fingerprint density at radius 2 is 1.86 bits per heavy atom. The highest BCUT2D eigenvalue weighted by Crippen LogP contribution is 2.46. The smallest absolute Gasteiger partial charge is 0.303 e. The molecular formula is C28H43NO8. The van der Waals surface area contributed by atoms with E-state index in [1.807, 2.05) is 26.0 Å². The van der Waals surface area contributed by atoms with Crippen LogP contribution in [0.2, 0.25) is 0 Å². The Morgan fingerprint density at radius 1 is 1.19 bits per heavy atom. The highest BCUT2D eigenvalue weighted by Gasteiger charge is 2.66. The van der Waals surface area contributed by atoms with Gasteiger partial charge in [-0.25, -0.2) is 0 Å². The van der Waals surface area contributed by atoms with Gasteiger partial charge in [0.25, 0.3) is 0 Å². The molecule has 9 atom stereocenters. The molecule has 37 heavy (non-hydrogen) atoms. The predicted molar refractivity (Wildman–Crippen MR) is 138 cm³/mol. The Morgan fingerprint density at radius 3 is 2.49 bits per heavy atom. The molecule has 0 aromatic carbocycles. The molecule has 3 rings (SSSR count). The second kappa shape index (κ2) is 11.8. The van der Waals surface area contributed by atoms with Crippen molar-refractivity contribution in [1.82, 2.24) is 5.32 Å². The van der Waals surface area contributed by atoms with Gasteiger partial charge in [0, 0.05) is 13.0 Å². The minimum atomic E-state index is -0.946. The molecule has 3 fully saturated rings. The van der Waals surface area contributed by atoms with E-state index in [9.17, 15) is 19.8 Å². The first-order valence-corrected chi connectivity index (χ1v) is 13.1. The number of aliphatic hydroxyl groups is 2. The molecule has 3 saturated heterocycles. The van der Waals surface area contributed by atoms with E-state index in [1.165, 1.54) is 13.0 Å². The van der Waals surface area contributed by atoms with E-state index in [-0.39, 0.29) is 30.1 Å². The number of nitrogens with one attached hydrogen (secondary N) is 1. The van der Waals surface area contributed by atoms with E-state index in [2.05, 4.69) is 18.3 Å². The Kier molecular flexibility index (Phi) is 9.40. The molecule has 208 valence electrons. The number of hydrogen-bond acceptors (Lipinski definition) is 8. The maximum absolute atomic E-state index is 12.3. The maximum Gasteiger partial charge on any atom is 0.303 e. The number of esters is 1. The van der Waals surface area contributed by atoms with Crippen LogP contribution in [0.25, 0.3) is 0 Å². The minimum Gasteiger partial charge on any atom is -0.459 e. The van der Waals surface area contributed by atoms with Gasteiger partial charge in [-0.05, 0) is 59.5 Å². The third-order valence-corrected chi connectivity index (χ3v) is 7.49. The molecular weight excluding hydrogens is 478 g/mol. The molecule has 0 aromatic heterocycles. The van der Waals surface area contributed by atoms with Gasteiger partial charge in [-0.1, -0.05) is 30.7 Å². The second-order valence-corrected chi connectivity index (χ2v) is 11.2. The fourth-order valence-corrected chi connectivity index (χ4v) is 5.15. The molecule has 9 unspecified atom stereocenters. The number of aliphatic hydroxyl groups excluding tert-OH is 2. The zero-order valence-corrected chi connectivity index (χ0v) is 23.0. The third kappa shape index (κ3) is 7.29. The van der Waals surface area contributed by atoms with Gasteiger partial charge in [0.1, 0.15) is 30.0 Å². The van der Waals surface area contributed by atoms with Gasteiger partial charge in [-0.15, -0.1) is 0 Å². The molecule has 1 spiro atoms. The molecule has 0 saturated carbocycles. The molecule has 0 radical (unpaired) electrons. The summed E-state index contributed by atoms with van der Waals surface area (Å²) in [5, 5.41) is 24.2. The van der Waals surface area contributed by atoms with Crippen molar-refractivity contribution in [3.05, 3.63) is 36.0 Å². The Labute approximate surface area is 219 Å². The molecule has 3 aliphatic rings. The average Bonchev–Trinajstić information content (AvgIpc) is 3.61. The van der Waals surface area contributed by atoms with Crippen LogP contribution in [0.4, 0.5) is 0 Å². The van der Waals surface area contributed by atoms with Crippen LogP contribution in [-0.4, -0.2) is 82.6 Å². The van der Waals surface area contributed by atoms with Crippen molar-refractivity contribution >= 4 is 11.9 Å². The van der Waals surface area contributed by atoms with Crippen LogP contribution in [0.1, 0.15) is 61.3 Å². The van der Waals surface area contributed by atoms with E-state index < -0.39 is 41.6 Å². The first-order valence-electron chi connectivity index (χ1n) is 13.1. The number of rotatable bonds is 8. The lowest BCUT2D eigenvalue weighted by Crippen LogP contribution is -2.63. The highest BCUT2D eigenvalue weighted by molar-refractivity contribution is 5.87. The quantitative estimate of drug-likeness (QED) is 0.192. The third-order valence-electron chi connectivity index (χ3n) is 7.49. The minimum absolute atomic E-state index is 0.0137. The first-order chi connectivity index (χ1) is 17.2. The summed E-state index contributed by atoms with van der Waals surface area (Å²) in [5.41, 5.74) is -0.763. The summed E-state index contributed by atoms with van der Waals surface area (Å²) >= 11 is 0. The molecule has 1 amide bonds. The predicted octanol–water partition coefficient (Wildman–Crippen LogP) is 2.35. The number of ether oxygens (including phenoxy) is 4. The first kappa shape index (κ1) is 29.5. The normalized spacial score (nSPS) is 38.6. The van der Waals surface area contributed by atoms with E-state index in [1.54, 1.807) is 26.8 Å². The largest absolute Gasteiger partial charge is 0.459 e. The van der Waals surface area contributed by atoms with Crippen molar-refractivity contribution < 1.29 is 38.7 Å². The molecule has 0 aliphatic carbocycles. The van der Waals surface area contributed by atoms with E-state index in [0.29, 0.717) is 13.0 Å². The van der Waals surface area contributed by atoms with Gasteiger partial charge in [0.15, 0.2) is 0 Å². The molecule has 3 aliphatic heterocycles. The van der Waals surface area contributed by atoms with Gasteiger partial charge < -0.3 is 34.5 Å². The van der Waals surface area contributed by atoms with Gasteiger partial charge in [-0.2, -0.15) is 0 Å². The molecule has 9 heteroatoms. The number of amides is 1. The molecule has 9 nitrogen and oxygen atoms in total. The Hall–Kier alpha value is -2.04. The van der Waals surface area contributed by atoms with Crippen molar-refractivity contribution in [2.24, 2.45) is 5.92 Å². The molecule has 0 aromatic rings. The van der Waals surface area contributed by atoms with Crippen molar-refractivity contribution in [2.75, 3.05) is 6.61 Å². The van der Waals surface area contributed by atoms with Crippen LogP contribution in [0.3, 0.4) is 0 Å². The van der Waals surface area contributed by atoms with Gasteiger partial charge in [0.2, 0.25) is 5.91 Å². The van der Waals surface area contributed by atoms with Crippen LogP contribution in [0.15, 0.2) is 36.0 Å². The van der Waals surface area contributed by atoms with Crippen molar-refractivity contribution in [3.63, 3.8) is 0 Å². The lowest BCUT2D eigenvalue weighted by atomic mass is 9.80. The van der Waals surface area contributed by atoms with Gasteiger partial charge in [0.05, 0.1) is 30.5 Å². The zero-order chi connectivity index (χ0) is 27.5. The summed E-state index contributed by atoms with van der Waals surface area (Å²) < 4.78 is 22.7. The number of carbonyl (C=O) groups excluding carboxylic acids is 2. The van der Waals surface area contributed by atoms with Crippen LogP contribution in [0, 0.1) is 5.92 Å². The lowest BCUT2D eigenvalue weighted by molar-refractivity contribution is -0.230. The van der Waals surface area contributed by atoms with Gasteiger partial charge in [-0.3, -0.25) is 9.59 Å². The number of allylic oxidation sites excluding steroid dienone is 2. The Bertz CT molecular complexity index is 921. The summed E-state index contributed by atoms with van der Waals surface area (Å²) in [5.74, 6) is -0.403. The summed E-state index contributed by atoms with van der Waals surface area (Å²) in [7, 11) is 0. The van der Waals surface area contributed by atoms with Crippen LogP contribution < -0.4 is 5.32 Å². The van der Waals surface area contributed by atoms with Crippen LogP contribution >= 0.6 is 0 Å². The SMILES string of the molecule is CC(=O)OC(C)/C=C\C(=O)NC1CC(C)C(C/C=C(C)/C=C/C2OC(C)(C)C(O)C3(CO3)C2O)OC1C. The van der Waals surface area contributed by atoms with Crippen molar-refractivity contribution in [2.45, 2.75) is 115 Å². The van der Waals surface area contributed by atoms with E-state index in [4.69, 9.17) is 18.9 Å². The van der Waals surface area contributed by atoms with Crippen molar-refractivity contribution in [1.29, 1.82) is 0 Å². The number of hydrogen-bond donors (Lipinski definition) is 3. The fraction of sp³-hybridized carbons (Fsp3) is 0.714. The Balaban J connectivity index is 1.50. The van der Waals surface area contributed by atoms with Crippen molar-refractivity contribution in [3.8, 4) is 0 Å². The van der Waals surface area contributed by atoms with Crippen LogP contribution in [0.5, 0.6) is 0 Å². The van der Waals surface area contributed by atoms with E-state index >= 15 is 0 Å². The number of carbonyl (C=O) groups is 2. The van der Waals surface area contributed by atoms with Gasteiger partial charge >= 0.3 is 5.97 Å². The summed E-state index contributed by atoms with van der Waals surface area (Å²) in [6.45, 7) is 13.0. The average molecular weight is 522 g/mol. The fourth-order valence-electron chi connectivity index (χ4n) is 5.15. The zero-order valence-electron chi connectivity index (χ0n) is 23.0. The molecule has 3 N–H and O–H groups in total. The summed E-state index contributed by atoms with van der Waals surface area (Å²) in [4.78, 5) is 23.3. The molecule has 0 bridgehead atoms. The second-order valence-electron chi connectivity index (χ2n) is 11.2. The van der Waals surface area contributed by atoms with Crippen LogP contribution in [-0.2, 0) is 28.5 Å². The number of epoxide rings is 1. The maximum atomic E-state index is 12.3. The van der Waals surface area contributed by atoms with E-state index in [0.717, 1.165) is 12.0 Å².